The highest BCUT2D eigenvalue weighted by molar-refractivity contribution is 5.80. The molecule has 0 saturated heterocycles. The summed E-state index contributed by atoms with van der Waals surface area (Å²) in [5, 5.41) is 0. The minimum absolute atomic E-state index is 0.541. The minimum Gasteiger partial charge on any atom is -0.496 e. The van der Waals surface area contributed by atoms with Gasteiger partial charge in [0.15, 0.2) is 0 Å². The van der Waals surface area contributed by atoms with Crippen molar-refractivity contribution in [2.24, 2.45) is 0 Å². The van der Waals surface area contributed by atoms with Crippen LogP contribution in [0.3, 0.4) is 0 Å². The number of hydrogen-bond donors (Lipinski definition) is 0. The molecule has 4 rings (SSSR count). The van der Waals surface area contributed by atoms with Gasteiger partial charge in [0, 0.05) is 18.2 Å². The number of fused-ring (bicyclic) bond motifs is 2. The van der Waals surface area contributed by atoms with Crippen molar-refractivity contribution in [3.8, 4) is 16.9 Å². The highest BCUT2D eigenvalue weighted by Crippen LogP contribution is 2.48. The van der Waals surface area contributed by atoms with E-state index in [1.165, 1.54) is 48.2 Å². The molecule has 2 nitrogen and oxygen atoms in total. The van der Waals surface area contributed by atoms with Gasteiger partial charge in [-0.25, -0.2) is 0 Å². The van der Waals surface area contributed by atoms with Crippen molar-refractivity contribution in [2.75, 3.05) is 20.2 Å². The maximum Gasteiger partial charge on any atom is 0.126 e. The molecule has 2 aromatic carbocycles. The van der Waals surface area contributed by atoms with Crippen LogP contribution in [0.1, 0.15) is 36.1 Å². The Hall–Kier alpha value is -1.80. The SMILES string of the molecule is CCCN1CCc2cccc3c2C1Cc1cccc(OC)c1-3. The van der Waals surface area contributed by atoms with Crippen LogP contribution in [0.25, 0.3) is 11.1 Å². The summed E-state index contributed by atoms with van der Waals surface area (Å²) in [5.74, 6) is 1.01. The predicted octanol–water partition coefficient (Wildman–Crippen LogP) is 4.23. The van der Waals surface area contributed by atoms with Gasteiger partial charge in [-0.2, -0.15) is 0 Å². The number of hydrogen-bond acceptors (Lipinski definition) is 2. The molecule has 114 valence electrons. The van der Waals surface area contributed by atoms with Crippen molar-refractivity contribution in [1.29, 1.82) is 0 Å². The number of rotatable bonds is 3. The van der Waals surface area contributed by atoms with Gasteiger partial charge in [-0.3, -0.25) is 4.90 Å². The van der Waals surface area contributed by atoms with E-state index in [0.717, 1.165) is 12.2 Å². The molecule has 2 aromatic rings. The zero-order chi connectivity index (χ0) is 15.1. The lowest BCUT2D eigenvalue weighted by Gasteiger charge is -2.41. The van der Waals surface area contributed by atoms with Crippen molar-refractivity contribution in [3.63, 3.8) is 0 Å². The molecule has 0 radical (unpaired) electrons. The molecular formula is C20H23NO. The normalized spacial score (nSPS) is 19.5. The summed E-state index contributed by atoms with van der Waals surface area (Å²) < 4.78 is 5.66. The summed E-state index contributed by atoms with van der Waals surface area (Å²) in [6.07, 6.45) is 3.50. The van der Waals surface area contributed by atoms with E-state index in [4.69, 9.17) is 4.74 Å². The molecule has 0 saturated carbocycles. The smallest absolute Gasteiger partial charge is 0.126 e. The molecule has 0 aromatic heterocycles. The molecule has 0 amide bonds. The highest BCUT2D eigenvalue weighted by Gasteiger charge is 2.34. The topological polar surface area (TPSA) is 12.5 Å². The van der Waals surface area contributed by atoms with Crippen molar-refractivity contribution in [1.82, 2.24) is 4.90 Å². The first kappa shape index (κ1) is 13.8. The molecule has 1 heterocycles. The summed E-state index contributed by atoms with van der Waals surface area (Å²) in [4.78, 5) is 2.67. The zero-order valence-corrected chi connectivity index (χ0v) is 13.4. The third-order valence-electron chi connectivity index (χ3n) is 5.16. The van der Waals surface area contributed by atoms with Gasteiger partial charge in [0.1, 0.15) is 5.75 Å². The van der Waals surface area contributed by atoms with Crippen molar-refractivity contribution in [2.45, 2.75) is 32.2 Å². The Kier molecular flexibility index (Phi) is 3.42. The van der Waals surface area contributed by atoms with Gasteiger partial charge in [0.2, 0.25) is 0 Å². The molecule has 22 heavy (non-hydrogen) atoms. The monoisotopic (exact) mass is 293 g/mol. The Morgan fingerprint density at radius 2 is 1.95 bits per heavy atom. The van der Waals surface area contributed by atoms with E-state index < -0.39 is 0 Å². The molecule has 2 heteroatoms. The fourth-order valence-electron chi connectivity index (χ4n) is 4.26. The van der Waals surface area contributed by atoms with Crippen molar-refractivity contribution < 1.29 is 4.74 Å². The summed E-state index contributed by atoms with van der Waals surface area (Å²) in [5.41, 5.74) is 7.22. The van der Waals surface area contributed by atoms with Crippen LogP contribution in [0, 0.1) is 0 Å². The van der Waals surface area contributed by atoms with Gasteiger partial charge < -0.3 is 4.74 Å². The van der Waals surface area contributed by atoms with E-state index in [1.807, 2.05) is 0 Å². The Bertz CT molecular complexity index is 707. The fourth-order valence-corrected chi connectivity index (χ4v) is 4.26. The van der Waals surface area contributed by atoms with Crippen LogP contribution in [0.5, 0.6) is 5.75 Å². The summed E-state index contributed by atoms with van der Waals surface area (Å²) in [7, 11) is 1.78. The average Bonchev–Trinajstić information content (AvgIpc) is 2.57. The van der Waals surface area contributed by atoms with Crippen LogP contribution in [0.4, 0.5) is 0 Å². The maximum atomic E-state index is 5.66. The van der Waals surface area contributed by atoms with E-state index >= 15 is 0 Å². The van der Waals surface area contributed by atoms with Gasteiger partial charge in [0.05, 0.1) is 7.11 Å². The quantitative estimate of drug-likeness (QED) is 0.840. The Balaban J connectivity index is 1.93. The second-order valence-corrected chi connectivity index (χ2v) is 6.38. The number of benzene rings is 2. The third kappa shape index (κ3) is 1.98. The molecule has 0 N–H and O–H groups in total. The van der Waals surface area contributed by atoms with Gasteiger partial charge in [-0.15, -0.1) is 0 Å². The Morgan fingerprint density at radius 1 is 1.14 bits per heavy atom. The Labute approximate surface area is 132 Å². The van der Waals surface area contributed by atoms with Crippen molar-refractivity contribution in [3.05, 3.63) is 53.1 Å². The first-order chi connectivity index (χ1) is 10.8. The van der Waals surface area contributed by atoms with Gasteiger partial charge in [-0.05, 0) is 54.1 Å². The summed E-state index contributed by atoms with van der Waals surface area (Å²) >= 11 is 0. The molecule has 1 unspecified atom stereocenters. The molecule has 1 atom stereocenters. The lowest BCUT2D eigenvalue weighted by atomic mass is 9.77. The van der Waals surface area contributed by atoms with Crippen LogP contribution >= 0.6 is 0 Å². The zero-order valence-electron chi connectivity index (χ0n) is 13.4. The fraction of sp³-hybridized carbons (Fsp3) is 0.400. The standard InChI is InChI=1S/C20H23NO/c1-3-11-21-12-10-14-6-4-8-16-19(14)17(21)13-15-7-5-9-18(22-2)20(15)16/h4-9,17H,3,10-13H2,1-2H3. The number of methoxy groups -OCH3 is 1. The minimum atomic E-state index is 0.541. The van der Waals surface area contributed by atoms with E-state index in [9.17, 15) is 0 Å². The lowest BCUT2D eigenvalue weighted by molar-refractivity contribution is 0.183. The van der Waals surface area contributed by atoms with Crippen molar-refractivity contribution >= 4 is 0 Å². The van der Waals surface area contributed by atoms with E-state index in [-0.39, 0.29) is 0 Å². The van der Waals surface area contributed by atoms with Gasteiger partial charge >= 0.3 is 0 Å². The average molecular weight is 293 g/mol. The molecule has 0 bridgehead atoms. The van der Waals surface area contributed by atoms with Gasteiger partial charge in [0.25, 0.3) is 0 Å². The van der Waals surface area contributed by atoms with E-state index in [0.29, 0.717) is 6.04 Å². The number of nitrogens with zero attached hydrogens (tertiary/aromatic N) is 1. The molecule has 2 aliphatic rings. The third-order valence-corrected chi connectivity index (χ3v) is 5.16. The largest absolute Gasteiger partial charge is 0.496 e. The predicted molar refractivity (Wildman–Crippen MR) is 90.4 cm³/mol. The van der Waals surface area contributed by atoms with E-state index in [2.05, 4.69) is 48.2 Å². The highest BCUT2D eigenvalue weighted by atomic mass is 16.5. The molecular weight excluding hydrogens is 270 g/mol. The summed E-state index contributed by atoms with van der Waals surface area (Å²) in [6.45, 7) is 4.66. The molecule has 0 spiro atoms. The molecule has 1 aliphatic carbocycles. The van der Waals surface area contributed by atoms with E-state index in [1.54, 1.807) is 12.7 Å². The molecule has 1 aliphatic heterocycles. The van der Waals surface area contributed by atoms with Gasteiger partial charge in [-0.1, -0.05) is 37.3 Å². The lowest BCUT2D eigenvalue weighted by Crippen LogP contribution is -2.38. The summed E-state index contributed by atoms with van der Waals surface area (Å²) in [6, 6.07) is 13.8. The second kappa shape index (κ2) is 5.44. The van der Waals surface area contributed by atoms with Crippen LogP contribution in [-0.4, -0.2) is 25.1 Å². The van der Waals surface area contributed by atoms with Crippen LogP contribution in [0.15, 0.2) is 36.4 Å². The van der Waals surface area contributed by atoms with Crippen LogP contribution < -0.4 is 4.74 Å². The molecule has 0 fully saturated rings. The first-order valence-electron chi connectivity index (χ1n) is 8.35. The maximum absolute atomic E-state index is 5.66. The number of ether oxygens (including phenoxy) is 1. The Morgan fingerprint density at radius 3 is 2.77 bits per heavy atom. The van der Waals surface area contributed by atoms with Crippen LogP contribution in [-0.2, 0) is 12.8 Å². The second-order valence-electron chi connectivity index (χ2n) is 6.38. The first-order valence-corrected chi connectivity index (χ1v) is 8.35. The van der Waals surface area contributed by atoms with Crippen LogP contribution in [0.2, 0.25) is 0 Å².